The van der Waals surface area contributed by atoms with E-state index in [4.69, 9.17) is 30.6 Å². The van der Waals surface area contributed by atoms with Gasteiger partial charge in [-0.25, -0.2) is 4.79 Å². The summed E-state index contributed by atoms with van der Waals surface area (Å²) >= 11 is 6.36. The van der Waals surface area contributed by atoms with Gasteiger partial charge in [-0.05, 0) is 51.5 Å². The molecule has 2 fully saturated rings. The summed E-state index contributed by atoms with van der Waals surface area (Å²) in [6.45, 7) is 12.3. The minimum Gasteiger partial charge on any atom is -0.454 e. The average molecular weight is 704 g/mol. The van der Waals surface area contributed by atoms with Crippen molar-refractivity contribution < 1.29 is 43.0 Å². The Labute approximate surface area is 290 Å². The van der Waals surface area contributed by atoms with Crippen LogP contribution in [0.4, 0.5) is 4.79 Å². The van der Waals surface area contributed by atoms with Crippen LogP contribution in [0.1, 0.15) is 92.6 Å². The van der Waals surface area contributed by atoms with E-state index in [0.717, 1.165) is 12.8 Å². The van der Waals surface area contributed by atoms with E-state index in [1.165, 1.54) is 4.90 Å². The summed E-state index contributed by atoms with van der Waals surface area (Å²) in [4.78, 5) is 74.8. The van der Waals surface area contributed by atoms with Gasteiger partial charge in [0.05, 0.1) is 18.3 Å². The number of oxime groups is 1. The molecule has 3 heterocycles. The Balaban J connectivity index is 1.43. The highest BCUT2D eigenvalue weighted by molar-refractivity contribution is 6.38. The average Bonchev–Trinajstić information content (AvgIpc) is 3.36. The highest BCUT2D eigenvalue weighted by atomic mass is 35.5. The lowest BCUT2D eigenvalue weighted by Crippen LogP contribution is -2.59. The number of nitrogens with zero attached hydrogens (tertiary/aromatic N) is 2. The number of benzene rings is 1. The van der Waals surface area contributed by atoms with Crippen LogP contribution in [0.2, 0.25) is 5.02 Å². The fraction of sp³-hybridized carbons (Fsp3) is 0.647. The van der Waals surface area contributed by atoms with E-state index in [0.29, 0.717) is 34.2 Å². The van der Waals surface area contributed by atoms with E-state index >= 15 is 0 Å². The Morgan fingerprint density at radius 1 is 1.08 bits per heavy atom. The van der Waals surface area contributed by atoms with Crippen molar-refractivity contribution in [1.82, 2.24) is 20.9 Å². The molecule has 0 aromatic heterocycles. The maximum absolute atomic E-state index is 14.5. The highest BCUT2D eigenvalue weighted by Crippen LogP contribution is 2.44. The van der Waals surface area contributed by atoms with Crippen LogP contribution in [0.5, 0.6) is 11.5 Å². The molecule has 0 radical (unpaired) electrons. The molecule has 3 N–H and O–H groups in total. The normalized spacial score (nSPS) is 22.6. The van der Waals surface area contributed by atoms with E-state index in [2.05, 4.69) is 21.1 Å². The summed E-state index contributed by atoms with van der Waals surface area (Å²) < 4.78 is 16.7. The van der Waals surface area contributed by atoms with E-state index in [1.54, 1.807) is 53.7 Å². The van der Waals surface area contributed by atoms with Gasteiger partial charge in [0.25, 0.3) is 5.91 Å². The van der Waals surface area contributed by atoms with Crippen molar-refractivity contribution in [2.75, 3.05) is 13.3 Å². The topological polar surface area (TPSA) is 174 Å². The van der Waals surface area contributed by atoms with Gasteiger partial charge < -0.3 is 39.9 Å². The summed E-state index contributed by atoms with van der Waals surface area (Å²) in [6, 6.07) is -0.0313. The van der Waals surface area contributed by atoms with Crippen molar-refractivity contribution >= 4 is 46.9 Å². The third kappa shape index (κ3) is 8.39. The molecule has 1 aromatic rings. The second-order valence-corrected chi connectivity index (χ2v) is 15.7. The van der Waals surface area contributed by atoms with Crippen LogP contribution in [0.25, 0.3) is 0 Å². The van der Waals surface area contributed by atoms with Crippen molar-refractivity contribution in [3.05, 3.63) is 22.7 Å². The monoisotopic (exact) mass is 703 g/mol. The molecule has 0 unspecified atom stereocenters. The minimum absolute atomic E-state index is 0.0155. The summed E-state index contributed by atoms with van der Waals surface area (Å²) in [5.74, 6) is -1.74. The quantitative estimate of drug-likeness (QED) is 0.308. The first kappa shape index (κ1) is 36.2. The molecule has 5 rings (SSSR count). The summed E-state index contributed by atoms with van der Waals surface area (Å²) in [7, 11) is 0. The molecular weight excluding hydrogens is 658 g/mol. The molecule has 1 spiro atoms. The minimum atomic E-state index is -1.14. The van der Waals surface area contributed by atoms with Crippen LogP contribution in [0.15, 0.2) is 17.3 Å². The summed E-state index contributed by atoms with van der Waals surface area (Å²) in [5, 5.41) is 12.9. The maximum Gasteiger partial charge on any atom is 0.408 e. The Kier molecular flexibility index (Phi) is 10.1. The summed E-state index contributed by atoms with van der Waals surface area (Å²) in [6.07, 6.45) is 1.78. The van der Waals surface area contributed by atoms with Crippen LogP contribution in [0, 0.1) is 5.41 Å². The first-order valence-corrected chi connectivity index (χ1v) is 17.1. The van der Waals surface area contributed by atoms with E-state index in [1.807, 2.05) is 6.92 Å². The smallest absolute Gasteiger partial charge is 0.408 e. The van der Waals surface area contributed by atoms with Gasteiger partial charge in [0, 0.05) is 35.5 Å². The molecule has 4 amide bonds. The number of ether oxygens (including phenoxy) is 3. The fourth-order valence-corrected chi connectivity index (χ4v) is 6.38. The van der Waals surface area contributed by atoms with Crippen LogP contribution in [0.3, 0.4) is 0 Å². The lowest BCUT2D eigenvalue weighted by atomic mass is 9.85. The third-order valence-corrected chi connectivity index (χ3v) is 8.91. The highest BCUT2D eigenvalue weighted by Gasteiger charge is 2.56. The number of halogens is 1. The zero-order chi connectivity index (χ0) is 35.9. The first-order valence-electron chi connectivity index (χ1n) is 16.7. The second-order valence-electron chi connectivity index (χ2n) is 15.3. The van der Waals surface area contributed by atoms with Crippen LogP contribution in [-0.4, -0.2) is 88.9 Å². The van der Waals surface area contributed by atoms with Gasteiger partial charge in [0.1, 0.15) is 17.7 Å². The number of amides is 4. The number of fused-ring (bicyclic) bond motifs is 1. The van der Waals surface area contributed by atoms with E-state index in [-0.39, 0.29) is 38.6 Å². The van der Waals surface area contributed by atoms with Crippen molar-refractivity contribution in [2.24, 2.45) is 10.6 Å². The van der Waals surface area contributed by atoms with Gasteiger partial charge in [0.15, 0.2) is 17.1 Å². The molecule has 1 aliphatic carbocycles. The number of nitrogens with one attached hydrogen (secondary N) is 3. The van der Waals surface area contributed by atoms with Crippen LogP contribution < -0.4 is 25.4 Å². The number of ketones is 1. The molecule has 4 aliphatic rings. The Bertz CT molecular complexity index is 1550. The molecule has 14 nitrogen and oxygen atoms in total. The van der Waals surface area contributed by atoms with Crippen molar-refractivity contribution in [3.8, 4) is 11.5 Å². The Hall–Kier alpha value is -4.07. The predicted molar refractivity (Wildman–Crippen MR) is 178 cm³/mol. The van der Waals surface area contributed by atoms with Crippen molar-refractivity contribution in [1.29, 1.82) is 0 Å². The Morgan fingerprint density at radius 2 is 1.80 bits per heavy atom. The van der Waals surface area contributed by atoms with E-state index in [9.17, 15) is 24.0 Å². The molecule has 49 heavy (non-hydrogen) atoms. The number of hydrogen-bond donors (Lipinski definition) is 3. The lowest BCUT2D eigenvalue weighted by molar-refractivity contribution is -0.144. The molecule has 4 atom stereocenters. The zero-order valence-electron chi connectivity index (χ0n) is 29.1. The molecule has 15 heteroatoms. The SMILES string of the molecule is CCC[C@H](NC(=O)[C@@H]1C[C@]2(CC(c3cc(Cl)cc4c3OCO4)=NO2)CN1C(=O)[C@@H](NC(=O)OC(C)(C)C)C(C)(C)C)C(=O)C(=O)NC1CC1. The third-order valence-electron chi connectivity index (χ3n) is 8.69. The number of alkyl carbamates (subject to hydrolysis) is 1. The lowest BCUT2D eigenvalue weighted by Gasteiger charge is -2.36. The van der Waals surface area contributed by atoms with E-state index < -0.39 is 64.3 Å². The maximum atomic E-state index is 14.5. The van der Waals surface area contributed by atoms with Gasteiger partial charge in [-0.3, -0.25) is 19.2 Å². The van der Waals surface area contributed by atoms with Gasteiger partial charge in [-0.2, -0.15) is 0 Å². The number of Topliss-reactive ketones (excluding diaryl/α,β-unsaturated/α-hetero) is 1. The molecule has 1 saturated carbocycles. The Morgan fingerprint density at radius 3 is 2.43 bits per heavy atom. The van der Waals surface area contributed by atoms with Crippen LogP contribution >= 0.6 is 11.6 Å². The number of hydrogen-bond acceptors (Lipinski definition) is 10. The van der Waals surface area contributed by atoms with Gasteiger partial charge >= 0.3 is 6.09 Å². The fourth-order valence-electron chi connectivity index (χ4n) is 6.17. The predicted octanol–water partition coefficient (Wildman–Crippen LogP) is 3.60. The van der Waals surface area contributed by atoms with Crippen molar-refractivity contribution in [3.63, 3.8) is 0 Å². The molecule has 1 aromatic carbocycles. The molecule has 1 saturated heterocycles. The summed E-state index contributed by atoms with van der Waals surface area (Å²) in [5.41, 5.74) is -1.69. The largest absolute Gasteiger partial charge is 0.454 e. The number of rotatable bonds is 10. The number of carbonyl (C=O) groups is 5. The molecule has 0 bridgehead atoms. The molecule has 3 aliphatic heterocycles. The van der Waals surface area contributed by atoms with Crippen LogP contribution in [-0.2, 0) is 28.8 Å². The number of carbonyl (C=O) groups excluding carboxylic acids is 5. The molecule has 268 valence electrons. The second kappa shape index (κ2) is 13.7. The van der Waals surface area contributed by atoms with Gasteiger partial charge in [-0.15, -0.1) is 0 Å². The molecular formula is C34H46ClN5O9. The van der Waals surface area contributed by atoms with Gasteiger partial charge in [0.2, 0.25) is 24.4 Å². The zero-order valence-corrected chi connectivity index (χ0v) is 29.8. The standard InChI is InChI=1S/C34H46ClN5O9/c1-8-9-21(25(41)29(43)36-19-10-11-19)37-28(42)23-15-34(14-22(39-49-34)20-12-18(35)13-24-26(20)47-17-46-24)16-40(23)30(44)27(32(2,3)4)38-31(45)48-33(5,6)7/h12-13,19,21,23,27H,8-11,14-17H2,1-7H3,(H,36,43)(H,37,42)(H,38,45)/t21-,23-,27+,34+/m0/s1. The van der Waals surface area contributed by atoms with Gasteiger partial charge in [-0.1, -0.05) is 50.9 Å². The van der Waals surface area contributed by atoms with Crippen molar-refractivity contribution in [2.45, 2.75) is 122 Å². The first-order chi connectivity index (χ1) is 22.9. The number of likely N-dealkylation sites (tertiary alicyclic amines) is 1.